The summed E-state index contributed by atoms with van der Waals surface area (Å²) in [5, 5.41) is 0. The third-order valence-corrected chi connectivity index (χ3v) is 4.15. The Labute approximate surface area is 126 Å². The van der Waals surface area contributed by atoms with Gasteiger partial charge in [-0.1, -0.05) is 26.0 Å². The summed E-state index contributed by atoms with van der Waals surface area (Å²) >= 11 is 0. The van der Waals surface area contributed by atoms with Crippen LogP contribution in [0.5, 0.6) is 0 Å². The maximum Gasteiger partial charge on any atom is 0.163 e. The summed E-state index contributed by atoms with van der Waals surface area (Å²) in [6.45, 7) is 10.1. The van der Waals surface area contributed by atoms with E-state index in [2.05, 4.69) is 23.6 Å². The molecule has 0 aromatic heterocycles. The van der Waals surface area contributed by atoms with Gasteiger partial charge < -0.3 is 4.90 Å². The topological polar surface area (TPSA) is 6.48 Å². The minimum Gasteiger partial charge on any atom is -0.301 e. The molecule has 0 bridgehead atoms. The number of hydrogen-bond acceptors (Lipinski definition) is 2. The Bertz CT molecular complexity index is 440. The van der Waals surface area contributed by atoms with Crippen molar-refractivity contribution >= 4 is 0 Å². The van der Waals surface area contributed by atoms with Crippen LogP contribution in [0.25, 0.3) is 0 Å². The third-order valence-electron chi connectivity index (χ3n) is 4.15. The SMILES string of the molecule is CC(C)CCCN1CCN(Cc2cccc(F)c2F)CC1. The molecule has 0 unspecified atom stereocenters. The predicted molar refractivity (Wildman–Crippen MR) is 82.1 cm³/mol. The molecule has 0 aliphatic carbocycles. The number of benzene rings is 1. The summed E-state index contributed by atoms with van der Waals surface area (Å²) in [4.78, 5) is 4.68. The number of rotatable bonds is 6. The van der Waals surface area contributed by atoms with Gasteiger partial charge in [0.05, 0.1) is 0 Å². The normalized spacial score (nSPS) is 17.6. The molecule has 2 rings (SSSR count). The molecule has 1 aliphatic rings. The lowest BCUT2D eigenvalue weighted by Crippen LogP contribution is -2.46. The molecule has 2 nitrogen and oxygen atoms in total. The Morgan fingerprint density at radius 2 is 1.71 bits per heavy atom. The van der Waals surface area contributed by atoms with Crippen molar-refractivity contribution in [2.75, 3.05) is 32.7 Å². The Kier molecular flexibility index (Phi) is 6.12. The predicted octanol–water partition coefficient (Wildman–Crippen LogP) is 3.52. The largest absolute Gasteiger partial charge is 0.301 e. The summed E-state index contributed by atoms with van der Waals surface area (Å²) in [6, 6.07) is 4.43. The van der Waals surface area contributed by atoms with Crippen molar-refractivity contribution in [3.05, 3.63) is 35.4 Å². The zero-order chi connectivity index (χ0) is 15.2. The van der Waals surface area contributed by atoms with Gasteiger partial charge in [-0.2, -0.15) is 0 Å². The first-order valence-corrected chi connectivity index (χ1v) is 7.94. The minimum atomic E-state index is -0.750. The van der Waals surface area contributed by atoms with Gasteiger partial charge in [0.15, 0.2) is 11.6 Å². The molecule has 0 atom stereocenters. The van der Waals surface area contributed by atoms with Crippen LogP contribution in [0.3, 0.4) is 0 Å². The summed E-state index contributed by atoms with van der Waals surface area (Å²) in [6.07, 6.45) is 2.52. The molecule has 1 fully saturated rings. The van der Waals surface area contributed by atoms with Gasteiger partial charge in [0.1, 0.15) is 0 Å². The highest BCUT2D eigenvalue weighted by Crippen LogP contribution is 2.15. The van der Waals surface area contributed by atoms with E-state index in [9.17, 15) is 8.78 Å². The first kappa shape index (κ1) is 16.4. The molecule has 21 heavy (non-hydrogen) atoms. The first-order chi connectivity index (χ1) is 10.1. The van der Waals surface area contributed by atoms with Crippen molar-refractivity contribution in [3.8, 4) is 0 Å². The monoisotopic (exact) mass is 296 g/mol. The number of hydrogen-bond donors (Lipinski definition) is 0. The van der Waals surface area contributed by atoms with Gasteiger partial charge in [-0.15, -0.1) is 0 Å². The standard InChI is InChI=1S/C17H26F2N2/c1-14(2)5-4-8-20-9-11-21(12-10-20)13-15-6-3-7-16(18)17(15)19/h3,6-7,14H,4-5,8-13H2,1-2H3. The molecule has 1 heterocycles. The van der Waals surface area contributed by atoms with E-state index in [4.69, 9.17) is 0 Å². The highest BCUT2D eigenvalue weighted by atomic mass is 19.2. The van der Waals surface area contributed by atoms with Gasteiger partial charge in [-0.25, -0.2) is 8.78 Å². The molecular formula is C17H26F2N2. The van der Waals surface area contributed by atoms with Gasteiger partial charge in [0.2, 0.25) is 0 Å². The summed E-state index contributed by atoms with van der Waals surface area (Å²) < 4.78 is 26.9. The third kappa shape index (κ3) is 5.04. The van der Waals surface area contributed by atoms with E-state index in [1.807, 2.05) is 0 Å². The quantitative estimate of drug-likeness (QED) is 0.792. The van der Waals surface area contributed by atoms with Crippen molar-refractivity contribution in [2.45, 2.75) is 33.2 Å². The molecule has 1 aromatic rings. The van der Waals surface area contributed by atoms with Crippen molar-refractivity contribution in [2.24, 2.45) is 5.92 Å². The lowest BCUT2D eigenvalue weighted by molar-refractivity contribution is 0.123. The average molecular weight is 296 g/mol. The Hall–Kier alpha value is -1.00. The molecule has 1 aliphatic heterocycles. The average Bonchev–Trinajstić information content (AvgIpc) is 2.45. The summed E-state index contributed by atoms with van der Waals surface area (Å²) in [5.74, 6) is -0.682. The Morgan fingerprint density at radius 3 is 2.38 bits per heavy atom. The van der Waals surface area contributed by atoms with Crippen LogP contribution in [-0.2, 0) is 6.54 Å². The Morgan fingerprint density at radius 1 is 1.05 bits per heavy atom. The zero-order valence-electron chi connectivity index (χ0n) is 13.1. The van der Waals surface area contributed by atoms with Crippen LogP contribution in [0.4, 0.5) is 8.78 Å². The molecule has 118 valence electrons. The molecule has 0 radical (unpaired) electrons. The fourth-order valence-electron chi connectivity index (χ4n) is 2.81. The van der Waals surface area contributed by atoms with Crippen LogP contribution in [0.2, 0.25) is 0 Å². The second-order valence-electron chi connectivity index (χ2n) is 6.37. The molecule has 0 N–H and O–H groups in total. The van der Waals surface area contributed by atoms with E-state index in [1.165, 1.54) is 18.9 Å². The summed E-state index contributed by atoms with van der Waals surface area (Å²) in [7, 11) is 0. The number of halogens is 2. The molecule has 0 saturated carbocycles. The van der Waals surface area contributed by atoms with Gasteiger partial charge in [-0.3, -0.25) is 4.90 Å². The van der Waals surface area contributed by atoms with Crippen molar-refractivity contribution in [1.82, 2.24) is 9.80 Å². The van der Waals surface area contributed by atoms with E-state index >= 15 is 0 Å². The molecule has 0 spiro atoms. The maximum atomic E-state index is 13.7. The van der Waals surface area contributed by atoms with Crippen LogP contribution in [0.1, 0.15) is 32.3 Å². The van der Waals surface area contributed by atoms with Gasteiger partial charge >= 0.3 is 0 Å². The van der Waals surface area contributed by atoms with Crippen LogP contribution < -0.4 is 0 Å². The smallest absolute Gasteiger partial charge is 0.163 e. The fraction of sp³-hybridized carbons (Fsp3) is 0.647. The molecule has 1 aromatic carbocycles. The molecule has 4 heteroatoms. The second-order valence-corrected chi connectivity index (χ2v) is 6.37. The molecule has 1 saturated heterocycles. The van der Waals surface area contributed by atoms with Crippen LogP contribution in [0, 0.1) is 17.6 Å². The fourth-order valence-corrected chi connectivity index (χ4v) is 2.81. The highest BCUT2D eigenvalue weighted by Gasteiger charge is 2.18. The van der Waals surface area contributed by atoms with Crippen LogP contribution in [-0.4, -0.2) is 42.5 Å². The molecular weight excluding hydrogens is 270 g/mol. The van der Waals surface area contributed by atoms with E-state index in [1.54, 1.807) is 12.1 Å². The van der Waals surface area contributed by atoms with Crippen molar-refractivity contribution in [3.63, 3.8) is 0 Å². The number of nitrogens with zero attached hydrogens (tertiary/aromatic N) is 2. The van der Waals surface area contributed by atoms with Crippen molar-refractivity contribution in [1.29, 1.82) is 0 Å². The van der Waals surface area contributed by atoms with E-state index in [0.717, 1.165) is 38.6 Å². The van der Waals surface area contributed by atoms with E-state index < -0.39 is 11.6 Å². The minimum absolute atomic E-state index is 0.461. The second kappa shape index (κ2) is 7.85. The Balaban J connectivity index is 1.75. The van der Waals surface area contributed by atoms with Crippen LogP contribution >= 0.6 is 0 Å². The maximum absolute atomic E-state index is 13.7. The lowest BCUT2D eigenvalue weighted by Gasteiger charge is -2.34. The molecule has 0 amide bonds. The lowest BCUT2D eigenvalue weighted by atomic mass is 10.1. The van der Waals surface area contributed by atoms with Gasteiger partial charge in [0, 0.05) is 38.3 Å². The first-order valence-electron chi connectivity index (χ1n) is 7.94. The highest BCUT2D eigenvalue weighted by molar-refractivity contribution is 5.18. The van der Waals surface area contributed by atoms with E-state index in [-0.39, 0.29) is 0 Å². The van der Waals surface area contributed by atoms with Gasteiger partial charge in [-0.05, 0) is 31.4 Å². The van der Waals surface area contributed by atoms with Crippen LogP contribution in [0.15, 0.2) is 18.2 Å². The van der Waals surface area contributed by atoms with Crippen molar-refractivity contribution < 1.29 is 8.78 Å². The van der Waals surface area contributed by atoms with E-state index in [0.29, 0.717) is 12.1 Å². The van der Waals surface area contributed by atoms with Gasteiger partial charge in [0.25, 0.3) is 0 Å². The number of piperazine rings is 1. The summed E-state index contributed by atoms with van der Waals surface area (Å²) in [5.41, 5.74) is 0.461. The zero-order valence-corrected chi connectivity index (χ0v) is 13.1.